The first-order valence-electron chi connectivity index (χ1n) is 4.96. The number of alkyl halides is 4. The highest BCUT2D eigenvalue weighted by molar-refractivity contribution is 7.87. The fourth-order valence-corrected chi connectivity index (χ4v) is 1.77. The minimum absolute atomic E-state index is 0.293. The van der Waals surface area contributed by atoms with Crippen LogP contribution in [-0.2, 0) is 19.7 Å². The predicted octanol–water partition coefficient (Wildman–Crippen LogP) is 0.216. The Labute approximate surface area is 107 Å². The lowest BCUT2D eigenvalue weighted by atomic mass is 10.4. The zero-order valence-corrected chi connectivity index (χ0v) is 11.0. The van der Waals surface area contributed by atoms with Crippen molar-refractivity contribution in [3.05, 3.63) is 0 Å². The number of ether oxygens (including phenoxy) is 1. The third-order valence-electron chi connectivity index (χ3n) is 2.08. The van der Waals surface area contributed by atoms with Crippen LogP contribution in [0.1, 0.15) is 6.42 Å². The fourth-order valence-electron chi connectivity index (χ4n) is 0.846. The van der Waals surface area contributed by atoms with Gasteiger partial charge in [0, 0.05) is 13.6 Å². The van der Waals surface area contributed by atoms with E-state index in [4.69, 9.17) is 0 Å². The van der Waals surface area contributed by atoms with Crippen LogP contribution < -0.4 is 4.72 Å². The number of nitrogens with zero attached hydrogens (tertiary/aromatic N) is 1. The van der Waals surface area contributed by atoms with Crippen molar-refractivity contribution in [3.63, 3.8) is 0 Å². The van der Waals surface area contributed by atoms with E-state index >= 15 is 0 Å². The number of hydrogen-bond acceptors (Lipinski definition) is 4. The van der Waals surface area contributed by atoms with Gasteiger partial charge in [-0.3, -0.25) is 4.79 Å². The number of carbonyl (C=O) groups is 1. The van der Waals surface area contributed by atoms with Gasteiger partial charge in [-0.2, -0.15) is 26.2 Å². The Hall–Kier alpha value is -0.940. The molecular weight excluding hydrogens is 296 g/mol. The highest BCUT2D eigenvalue weighted by Crippen LogP contribution is 2.21. The van der Waals surface area contributed by atoms with Gasteiger partial charge in [-0.25, -0.2) is 8.78 Å². The van der Waals surface area contributed by atoms with Crippen LogP contribution in [0, 0.1) is 0 Å². The lowest BCUT2D eigenvalue weighted by Gasteiger charge is -2.20. The van der Waals surface area contributed by atoms with Crippen molar-refractivity contribution in [1.82, 2.24) is 9.03 Å². The Morgan fingerprint density at radius 3 is 2.37 bits per heavy atom. The highest BCUT2D eigenvalue weighted by Gasteiger charge is 2.41. The molecule has 0 saturated heterocycles. The highest BCUT2D eigenvalue weighted by atomic mass is 32.2. The quantitative estimate of drug-likeness (QED) is 0.514. The summed E-state index contributed by atoms with van der Waals surface area (Å²) < 4.78 is 77.7. The molecule has 0 spiro atoms. The van der Waals surface area contributed by atoms with E-state index < -0.39 is 35.1 Å². The van der Waals surface area contributed by atoms with E-state index in [0.29, 0.717) is 4.31 Å². The molecule has 114 valence electrons. The molecule has 0 radical (unpaired) electrons. The predicted molar refractivity (Wildman–Crippen MR) is 57.1 cm³/mol. The van der Waals surface area contributed by atoms with Gasteiger partial charge in [0.1, 0.15) is 0 Å². The molecule has 0 aromatic rings. The van der Waals surface area contributed by atoms with Gasteiger partial charge < -0.3 is 4.74 Å². The largest absolute Gasteiger partial charge is 0.469 e. The number of halogens is 4. The summed E-state index contributed by atoms with van der Waals surface area (Å²) in [4.78, 5) is 10.8. The molecule has 0 amide bonds. The molecule has 0 fully saturated rings. The van der Waals surface area contributed by atoms with E-state index in [-0.39, 0.29) is 13.0 Å². The zero-order valence-electron chi connectivity index (χ0n) is 10.2. The molecule has 0 aliphatic carbocycles. The zero-order chi connectivity index (χ0) is 15.3. The van der Waals surface area contributed by atoms with Gasteiger partial charge in [-0.05, 0) is 0 Å². The Balaban J connectivity index is 4.43. The summed E-state index contributed by atoms with van der Waals surface area (Å²) in [7, 11) is -2.27. The topological polar surface area (TPSA) is 75.7 Å². The Kier molecular flexibility index (Phi) is 6.66. The first-order chi connectivity index (χ1) is 8.53. The van der Waals surface area contributed by atoms with Crippen molar-refractivity contribution in [3.8, 4) is 0 Å². The normalized spacial score (nSPS) is 13.1. The van der Waals surface area contributed by atoms with Crippen molar-refractivity contribution in [1.29, 1.82) is 0 Å². The molecule has 0 aromatic heterocycles. The van der Waals surface area contributed by atoms with Crippen molar-refractivity contribution < 1.29 is 35.5 Å². The molecule has 11 heteroatoms. The number of rotatable bonds is 8. The van der Waals surface area contributed by atoms with Crippen LogP contribution in [0.15, 0.2) is 0 Å². The number of carbonyl (C=O) groups excluding carboxylic acids is 1. The maximum Gasteiger partial charge on any atom is 0.320 e. The third-order valence-corrected chi connectivity index (χ3v) is 3.59. The molecule has 0 rings (SSSR count). The minimum atomic E-state index is -4.46. The summed E-state index contributed by atoms with van der Waals surface area (Å²) in [6.07, 6.45) is -4.27. The van der Waals surface area contributed by atoms with Gasteiger partial charge in [0.2, 0.25) is 0 Å². The Morgan fingerprint density at radius 2 is 1.95 bits per heavy atom. The van der Waals surface area contributed by atoms with Crippen LogP contribution in [0.4, 0.5) is 17.6 Å². The molecule has 1 N–H and O–H groups in total. The van der Waals surface area contributed by atoms with Crippen LogP contribution in [-0.4, -0.2) is 58.3 Å². The monoisotopic (exact) mass is 310 g/mol. The Morgan fingerprint density at radius 1 is 1.42 bits per heavy atom. The lowest BCUT2D eigenvalue weighted by Crippen LogP contribution is -2.46. The molecule has 0 aromatic carbocycles. The van der Waals surface area contributed by atoms with Crippen molar-refractivity contribution >= 4 is 16.2 Å². The number of esters is 1. The summed E-state index contributed by atoms with van der Waals surface area (Å²) in [5.41, 5.74) is 0. The second-order valence-corrected chi connectivity index (χ2v) is 5.40. The lowest BCUT2D eigenvalue weighted by molar-refractivity contribution is -0.140. The van der Waals surface area contributed by atoms with Gasteiger partial charge in [-0.1, -0.05) is 0 Å². The Bertz CT molecular complexity index is 402. The first-order valence-corrected chi connectivity index (χ1v) is 6.40. The summed E-state index contributed by atoms with van der Waals surface area (Å²) in [6.45, 7) is -2.06. The van der Waals surface area contributed by atoms with E-state index in [2.05, 4.69) is 4.74 Å². The van der Waals surface area contributed by atoms with Gasteiger partial charge >= 0.3 is 18.3 Å². The standard InChI is InChI=1S/C8H14F4N2O4S/c1-14(4-3-6(15)18-2)19(16,17)13-5-8(11,12)7(9)10/h7,13H,3-5H2,1-2H3. The van der Waals surface area contributed by atoms with E-state index in [1.54, 1.807) is 0 Å². The maximum atomic E-state index is 12.5. The second-order valence-electron chi connectivity index (χ2n) is 3.54. The van der Waals surface area contributed by atoms with Crippen LogP contribution in [0.3, 0.4) is 0 Å². The summed E-state index contributed by atoms with van der Waals surface area (Å²) in [5.74, 6) is -5.16. The van der Waals surface area contributed by atoms with E-state index in [1.165, 1.54) is 4.72 Å². The van der Waals surface area contributed by atoms with E-state index in [0.717, 1.165) is 14.2 Å². The van der Waals surface area contributed by atoms with Gasteiger partial charge in [0.05, 0.1) is 20.1 Å². The number of methoxy groups -OCH3 is 1. The van der Waals surface area contributed by atoms with Crippen LogP contribution in [0.5, 0.6) is 0 Å². The molecule has 0 unspecified atom stereocenters. The summed E-state index contributed by atoms with van der Waals surface area (Å²) >= 11 is 0. The molecule has 0 aliphatic heterocycles. The molecule has 19 heavy (non-hydrogen) atoms. The van der Waals surface area contributed by atoms with E-state index in [9.17, 15) is 30.8 Å². The van der Waals surface area contributed by atoms with Gasteiger partial charge in [0.15, 0.2) is 0 Å². The first kappa shape index (κ1) is 18.1. The smallest absolute Gasteiger partial charge is 0.320 e. The van der Waals surface area contributed by atoms with Crippen LogP contribution >= 0.6 is 0 Å². The fraction of sp³-hybridized carbons (Fsp3) is 0.875. The molecule has 0 heterocycles. The maximum absolute atomic E-state index is 12.5. The molecule has 0 aliphatic rings. The third kappa shape index (κ3) is 6.16. The average Bonchev–Trinajstić information content (AvgIpc) is 2.32. The van der Waals surface area contributed by atoms with Gasteiger partial charge in [0.25, 0.3) is 10.2 Å². The minimum Gasteiger partial charge on any atom is -0.469 e. The molecule has 6 nitrogen and oxygen atoms in total. The molecule has 0 saturated carbocycles. The molecule has 0 atom stereocenters. The summed E-state index contributed by atoms with van der Waals surface area (Å²) in [6, 6.07) is 0. The van der Waals surface area contributed by atoms with Crippen molar-refractivity contribution in [2.45, 2.75) is 18.8 Å². The van der Waals surface area contributed by atoms with Crippen molar-refractivity contribution in [2.24, 2.45) is 0 Å². The van der Waals surface area contributed by atoms with Crippen LogP contribution in [0.2, 0.25) is 0 Å². The number of hydrogen-bond donors (Lipinski definition) is 1. The molecular formula is C8H14F4N2O4S. The van der Waals surface area contributed by atoms with Crippen LogP contribution in [0.25, 0.3) is 0 Å². The second kappa shape index (κ2) is 7.01. The van der Waals surface area contributed by atoms with E-state index in [1.807, 2.05) is 0 Å². The van der Waals surface area contributed by atoms with Crippen molar-refractivity contribution in [2.75, 3.05) is 27.2 Å². The van der Waals surface area contributed by atoms with Gasteiger partial charge in [-0.15, -0.1) is 0 Å². The molecule has 0 bridgehead atoms. The average molecular weight is 310 g/mol. The SMILES string of the molecule is COC(=O)CCN(C)S(=O)(=O)NCC(F)(F)C(F)F. The number of nitrogens with one attached hydrogen (secondary N) is 1. The summed E-state index contributed by atoms with van der Waals surface area (Å²) in [5, 5.41) is 0.